The number of carbonyl (C=O) groups is 3. The van der Waals surface area contributed by atoms with E-state index in [1.165, 1.54) is 0 Å². The summed E-state index contributed by atoms with van der Waals surface area (Å²) in [6.45, 7) is 1.10. The maximum atomic E-state index is 10.4. The summed E-state index contributed by atoms with van der Waals surface area (Å²) in [5, 5.41) is 25.1. The lowest BCUT2D eigenvalue weighted by atomic mass is 10.1. The molecule has 0 bridgehead atoms. The van der Waals surface area contributed by atoms with Gasteiger partial charge in [-0.1, -0.05) is 36.8 Å². The lowest BCUT2D eigenvalue weighted by Crippen LogP contribution is -2.32. The fourth-order valence-electron chi connectivity index (χ4n) is 2.05. The van der Waals surface area contributed by atoms with Gasteiger partial charge in [0.15, 0.2) is 0 Å². The number of aliphatic carboxylic acids is 3. The predicted molar refractivity (Wildman–Crippen MR) is 118 cm³/mol. The molecular weight excluding hydrogens is 406 g/mol. The van der Waals surface area contributed by atoms with Gasteiger partial charge in [-0.05, 0) is 50.8 Å². The van der Waals surface area contributed by atoms with Crippen molar-refractivity contribution in [3.05, 3.63) is 35.9 Å². The smallest absolute Gasteiger partial charge is 0.320 e. The molecule has 0 fully saturated rings. The molecule has 31 heavy (non-hydrogen) atoms. The van der Waals surface area contributed by atoms with Crippen LogP contribution in [0.1, 0.15) is 37.7 Å². The normalized spacial score (nSPS) is 12.8. The minimum Gasteiger partial charge on any atom is -0.480 e. The van der Waals surface area contributed by atoms with Gasteiger partial charge in [0, 0.05) is 0 Å². The predicted octanol–water partition coefficient (Wildman–Crippen LogP) is -0.694. The van der Waals surface area contributed by atoms with Crippen molar-refractivity contribution in [3.63, 3.8) is 0 Å². The Kier molecular flexibility index (Phi) is 19.2. The second-order valence-corrected chi connectivity index (χ2v) is 6.74. The number of nitrogens with two attached hydrogens (primary N) is 5. The molecule has 0 aromatic heterocycles. The number of carboxylic acid groups (broad SMARTS) is 3. The molecule has 0 saturated heterocycles. The summed E-state index contributed by atoms with van der Waals surface area (Å²) in [7, 11) is 0. The first-order chi connectivity index (χ1) is 14.6. The molecule has 1 aromatic carbocycles. The van der Waals surface area contributed by atoms with Gasteiger partial charge in [-0.2, -0.15) is 0 Å². The molecule has 0 amide bonds. The van der Waals surface area contributed by atoms with Crippen molar-refractivity contribution in [1.29, 1.82) is 0 Å². The molecule has 0 radical (unpaired) electrons. The first-order valence-electron chi connectivity index (χ1n) is 9.95. The van der Waals surface area contributed by atoms with Gasteiger partial charge < -0.3 is 44.0 Å². The van der Waals surface area contributed by atoms with Crippen LogP contribution in [0, 0.1) is 0 Å². The Hall–Kier alpha value is -2.57. The molecule has 0 saturated carbocycles. The number of hydrogen-bond donors (Lipinski definition) is 8. The molecule has 0 aliphatic rings. The third-order valence-corrected chi connectivity index (χ3v) is 3.94. The summed E-state index contributed by atoms with van der Waals surface area (Å²) in [6, 6.07) is 7.09. The number of carboxylic acids is 3. The molecule has 0 aliphatic heterocycles. The van der Waals surface area contributed by atoms with E-state index >= 15 is 0 Å². The maximum Gasteiger partial charge on any atom is 0.320 e. The van der Waals surface area contributed by atoms with Gasteiger partial charge >= 0.3 is 17.9 Å². The van der Waals surface area contributed by atoms with Gasteiger partial charge in [-0.3, -0.25) is 14.4 Å². The molecule has 0 heterocycles. The van der Waals surface area contributed by atoms with E-state index in [0.717, 1.165) is 18.4 Å². The molecule has 3 unspecified atom stereocenters. The average molecular weight is 444 g/mol. The minimum atomic E-state index is -0.959. The van der Waals surface area contributed by atoms with Crippen LogP contribution in [0.25, 0.3) is 0 Å². The van der Waals surface area contributed by atoms with E-state index in [-0.39, 0.29) is 0 Å². The lowest BCUT2D eigenvalue weighted by molar-refractivity contribution is -0.139. The SMILES string of the molecule is NC(Cc1ccccc1)C(=O)O.NCCCC(N)C(=O)O.NCCCCC(N)C(=O)O. The van der Waals surface area contributed by atoms with E-state index in [9.17, 15) is 14.4 Å². The van der Waals surface area contributed by atoms with Crippen LogP contribution in [0.15, 0.2) is 30.3 Å². The summed E-state index contributed by atoms with van der Waals surface area (Å²) in [4.78, 5) is 30.6. The van der Waals surface area contributed by atoms with E-state index in [0.29, 0.717) is 38.8 Å². The van der Waals surface area contributed by atoms with Crippen LogP contribution in [0.5, 0.6) is 0 Å². The molecule has 0 aliphatic carbocycles. The van der Waals surface area contributed by atoms with E-state index in [2.05, 4.69) is 0 Å². The Morgan fingerprint density at radius 1 is 0.677 bits per heavy atom. The minimum absolute atomic E-state index is 0.385. The highest BCUT2D eigenvalue weighted by Crippen LogP contribution is 2.01. The fourth-order valence-corrected chi connectivity index (χ4v) is 2.05. The Morgan fingerprint density at radius 2 is 1.10 bits per heavy atom. The van der Waals surface area contributed by atoms with Gasteiger partial charge in [-0.15, -0.1) is 0 Å². The number of unbranched alkanes of at least 4 members (excludes halogenated alkanes) is 1. The molecular formula is C20H37N5O6. The van der Waals surface area contributed by atoms with Crippen LogP contribution < -0.4 is 28.7 Å². The van der Waals surface area contributed by atoms with Gasteiger partial charge in [-0.25, -0.2) is 0 Å². The topological polar surface area (TPSA) is 242 Å². The first-order valence-corrected chi connectivity index (χ1v) is 9.95. The van der Waals surface area contributed by atoms with Crippen molar-refractivity contribution in [3.8, 4) is 0 Å². The molecule has 11 heteroatoms. The summed E-state index contributed by atoms with van der Waals surface area (Å²) < 4.78 is 0. The summed E-state index contributed by atoms with van der Waals surface area (Å²) in [6.07, 6.45) is 3.69. The van der Waals surface area contributed by atoms with Crippen LogP contribution in [0.2, 0.25) is 0 Å². The quantitative estimate of drug-likeness (QED) is 0.188. The van der Waals surface area contributed by atoms with Crippen LogP contribution in [0.3, 0.4) is 0 Å². The molecule has 1 aromatic rings. The van der Waals surface area contributed by atoms with Crippen molar-refractivity contribution in [2.45, 2.75) is 56.7 Å². The van der Waals surface area contributed by atoms with E-state index < -0.39 is 36.0 Å². The summed E-state index contributed by atoms with van der Waals surface area (Å²) >= 11 is 0. The summed E-state index contributed by atoms with van der Waals surface area (Å²) in [5.41, 5.74) is 27.0. The molecule has 178 valence electrons. The fraction of sp³-hybridized carbons (Fsp3) is 0.550. The van der Waals surface area contributed by atoms with Crippen LogP contribution >= 0.6 is 0 Å². The lowest BCUT2D eigenvalue weighted by Gasteiger charge is -2.04. The standard InChI is InChI=1S/C9H11NO2.C6H14N2O2.C5H12N2O2/c10-8(9(11)12)6-7-4-2-1-3-5-7;7-4-2-1-3-5(8)6(9)10;6-3-1-2-4(7)5(8)9/h1-5,8H,6,10H2,(H,11,12);5H,1-4,7-8H2,(H,9,10);4H,1-3,6-7H2,(H,8,9). The highest BCUT2D eigenvalue weighted by Gasteiger charge is 2.11. The van der Waals surface area contributed by atoms with E-state index in [1.807, 2.05) is 30.3 Å². The van der Waals surface area contributed by atoms with Gasteiger partial charge in [0.05, 0.1) is 0 Å². The zero-order chi connectivity index (χ0) is 24.2. The molecule has 3 atom stereocenters. The molecule has 0 spiro atoms. The van der Waals surface area contributed by atoms with Crippen molar-refractivity contribution in [2.24, 2.45) is 28.7 Å². The van der Waals surface area contributed by atoms with Gasteiger partial charge in [0.1, 0.15) is 18.1 Å². The van der Waals surface area contributed by atoms with Crippen molar-refractivity contribution < 1.29 is 29.7 Å². The third kappa shape index (κ3) is 19.2. The molecule has 13 N–H and O–H groups in total. The Balaban J connectivity index is 0. The number of hydrogen-bond acceptors (Lipinski definition) is 8. The number of rotatable bonds is 12. The van der Waals surface area contributed by atoms with Crippen molar-refractivity contribution in [2.75, 3.05) is 13.1 Å². The maximum absolute atomic E-state index is 10.4. The van der Waals surface area contributed by atoms with E-state index in [1.54, 1.807) is 0 Å². The molecule has 1 rings (SSSR count). The van der Waals surface area contributed by atoms with Crippen LogP contribution in [0.4, 0.5) is 0 Å². The second-order valence-electron chi connectivity index (χ2n) is 6.74. The van der Waals surface area contributed by atoms with Gasteiger partial charge in [0.25, 0.3) is 0 Å². The summed E-state index contributed by atoms with van der Waals surface area (Å²) in [5.74, 6) is -2.85. The van der Waals surface area contributed by atoms with Crippen LogP contribution in [-0.2, 0) is 20.8 Å². The zero-order valence-corrected chi connectivity index (χ0v) is 17.7. The van der Waals surface area contributed by atoms with Crippen molar-refractivity contribution in [1.82, 2.24) is 0 Å². The highest BCUT2D eigenvalue weighted by atomic mass is 16.4. The van der Waals surface area contributed by atoms with E-state index in [4.69, 9.17) is 44.0 Å². The largest absolute Gasteiger partial charge is 0.480 e. The first kappa shape index (κ1) is 30.6. The highest BCUT2D eigenvalue weighted by molar-refractivity contribution is 5.73. The monoisotopic (exact) mass is 443 g/mol. The second kappa shape index (κ2) is 19.4. The Labute approximate surface area is 182 Å². The van der Waals surface area contributed by atoms with Gasteiger partial charge in [0.2, 0.25) is 0 Å². The Morgan fingerprint density at radius 3 is 1.48 bits per heavy atom. The average Bonchev–Trinajstić information content (AvgIpc) is 2.73. The van der Waals surface area contributed by atoms with Crippen molar-refractivity contribution >= 4 is 17.9 Å². The Bertz CT molecular complexity index is 617. The third-order valence-electron chi connectivity index (χ3n) is 3.94. The molecule has 11 nitrogen and oxygen atoms in total. The van der Waals surface area contributed by atoms with Crippen LogP contribution in [-0.4, -0.2) is 64.4 Å². The zero-order valence-electron chi connectivity index (χ0n) is 17.7. The number of benzene rings is 1.